The van der Waals surface area contributed by atoms with Gasteiger partial charge in [0.05, 0.1) is 0 Å². The minimum Gasteiger partial charge on any atom is -0.382 e. The first kappa shape index (κ1) is 11.9. The molecule has 0 radical (unpaired) electrons. The maximum Gasteiger partial charge on any atom is 0.141 e. The fraction of sp³-hybridized carbons (Fsp3) is 0.538. The number of anilines is 1. The van der Waals surface area contributed by atoms with Crippen LogP contribution in [-0.2, 0) is 0 Å². The zero-order chi connectivity index (χ0) is 12.3. The summed E-state index contributed by atoms with van der Waals surface area (Å²) in [6, 6.07) is 6.26. The second-order valence-electron chi connectivity index (χ2n) is 4.70. The Morgan fingerprint density at radius 1 is 1.35 bits per heavy atom. The molecule has 3 N–H and O–H groups in total. The Morgan fingerprint density at radius 3 is 2.71 bits per heavy atom. The minimum atomic E-state index is 0.0314. The lowest BCUT2D eigenvalue weighted by Crippen LogP contribution is -2.34. The van der Waals surface area contributed by atoms with Crippen LogP contribution in [0.1, 0.15) is 37.8 Å². The van der Waals surface area contributed by atoms with Gasteiger partial charge in [0.1, 0.15) is 17.3 Å². The summed E-state index contributed by atoms with van der Waals surface area (Å²) in [5.74, 6) is 0.952. The number of rotatable bonds is 3. The molecule has 17 heavy (non-hydrogen) atoms. The Hall–Kier alpha value is -1.58. The molecule has 4 nitrogen and oxygen atoms in total. The highest BCUT2D eigenvalue weighted by molar-refractivity contribution is 5.93. The van der Waals surface area contributed by atoms with E-state index in [1.54, 1.807) is 6.07 Å². The number of amidine groups is 1. The van der Waals surface area contributed by atoms with Crippen molar-refractivity contribution in [2.75, 3.05) is 11.9 Å². The van der Waals surface area contributed by atoms with Crippen molar-refractivity contribution >= 4 is 11.7 Å². The molecular weight excluding hydrogens is 212 g/mol. The molecule has 1 aliphatic carbocycles. The predicted molar refractivity (Wildman–Crippen MR) is 70.5 cm³/mol. The third-order valence-corrected chi connectivity index (χ3v) is 3.49. The molecule has 0 spiro atoms. The molecule has 1 heterocycles. The van der Waals surface area contributed by atoms with Crippen LogP contribution in [0.4, 0.5) is 5.82 Å². The molecule has 1 aromatic rings. The highest BCUT2D eigenvalue weighted by Gasteiger charge is 2.19. The van der Waals surface area contributed by atoms with Gasteiger partial charge in [0.25, 0.3) is 0 Å². The lowest BCUT2D eigenvalue weighted by molar-refractivity contribution is 0.426. The van der Waals surface area contributed by atoms with Crippen molar-refractivity contribution in [2.45, 2.75) is 38.1 Å². The second-order valence-corrected chi connectivity index (χ2v) is 4.70. The number of nitrogens with two attached hydrogens (primary N) is 1. The van der Waals surface area contributed by atoms with E-state index in [0.29, 0.717) is 11.7 Å². The van der Waals surface area contributed by atoms with Gasteiger partial charge in [-0.05, 0) is 25.0 Å². The quantitative estimate of drug-likeness (QED) is 0.620. The fourth-order valence-electron chi connectivity index (χ4n) is 2.43. The molecule has 92 valence electrons. The van der Waals surface area contributed by atoms with Crippen LogP contribution in [0, 0.1) is 5.41 Å². The standard InChI is InChI=1S/C13H20N4/c1-17(10-6-3-2-4-7-10)12-9-5-8-11(16-12)13(14)15/h5,8-10H,2-4,6-7H2,1H3,(H3,14,15). The van der Waals surface area contributed by atoms with Gasteiger partial charge in [-0.3, -0.25) is 5.41 Å². The van der Waals surface area contributed by atoms with E-state index >= 15 is 0 Å². The molecule has 1 aromatic heterocycles. The first-order valence-corrected chi connectivity index (χ1v) is 6.23. The number of pyridine rings is 1. The van der Waals surface area contributed by atoms with Crippen molar-refractivity contribution in [1.29, 1.82) is 5.41 Å². The Bertz CT molecular complexity index is 396. The average Bonchev–Trinajstić information content (AvgIpc) is 2.39. The van der Waals surface area contributed by atoms with E-state index in [1.807, 2.05) is 12.1 Å². The molecule has 1 aliphatic rings. The molecule has 1 fully saturated rings. The summed E-state index contributed by atoms with van der Waals surface area (Å²) in [5, 5.41) is 7.41. The van der Waals surface area contributed by atoms with E-state index in [-0.39, 0.29) is 5.84 Å². The van der Waals surface area contributed by atoms with Gasteiger partial charge in [0.15, 0.2) is 0 Å². The maximum absolute atomic E-state index is 7.41. The number of hydrogen-bond acceptors (Lipinski definition) is 3. The van der Waals surface area contributed by atoms with E-state index in [2.05, 4.69) is 16.9 Å². The Kier molecular flexibility index (Phi) is 3.61. The summed E-state index contributed by atoms with van der Waals surface area (Å²) in [4.78, 5) is 6.65. The first-order valence-electron chi connectivity index (χ1n) is 6.23. The van der Waals surface area contributed by atoms with Gasteiger partial charge in [0.2, 0.25) is 0 Å². The predicted octanol–water partition coefficient (Wildman–Crippen LogP) is 2.13. The van der Waals surface area contributed by atoms with Crippen molar-refractivity contribution in [2.24, 2.45) is 5.73 Å². The van der Waals surface area contributed by atoms with Gasteiger partial charge in [0, 0.05) is 13.1 Å². The number of aromatic nitrogens is 1. The zero-order valence-corrected chi connectivity index (χ0v) is 10.3. The van der Waals surface area contributed by atoms with Crippen LogP contribution < -0.4 is 10.6 Å². The first-order chi connectivity index (χ1) is 8.18. The molecule has 1 saturated carbocycles. The molecule has 0 bridgehead atoms. The van der Waals surface area contributed by atoms with E-state index in [9.17, 15) is 0 Å². The van der Waals surface area contributed by atoms with Crippen molar-refractivity contribution in [3.8, 4) is 0 Å². The monoisotopic (exact) mass is 232 g/mol. The van der Waals surface area contributed by atoms with Crippen LogP contribution in [0.5, 0.6) is 0 Å². The Labute approximate surface area is 102 Å². The van der Waals surface area contributed by atoms with Gasteiger partial charge in [-0.1, -0.05) is 25.3 Å². The number of nitrogens with one attached hydrogen (secondary N) is 1. The summed E-state index contributed by atoms with van der Waals surface area (Å²) >= 11 is 0. The van der Waals surface area contributed by atoms with Crippen molar-refractivity contribution in [1.82, 2.24) is 4.98 Å². The minimum absolute atomic E-state index is 0.0314. The van der Waals surface area contributed by atoms with Crippen molar-refractivity contribution in [3.63, 3.8) is 0 Å². The smallest absolute Gasteiger partial charge is 0.141 e. The van der Waals surface area contributed by atoms with E-state index in [0.717, 1.165) is 5.82 Å². The van der Waals surface area contributed by atoms with Gasteiger partial charge < -0.3 is 10.6 Å². The van der Waals surface area contributed by atoms with Crippen LogP contribution >= 0.6 is 0 Å². The highest BCUT2D eigenvalue weighted by atomic mass is 15.2. The second kappa shape index (κ2) is 5.17. The molecule has 0 aliphatic heterocycles. The zero-order valence-electron chi connectivity index (χ0n) is 10.3. The topological polar surface area (TPSA) is 66.0 Å². The Balaban J connectivity index is 2.14. The van der Waals surface area contributed by atoms with Crippen LogP contribution in [0.2, 0.25) is 0 Å². The molecule has 0 atom stereocenters. The van der Waals surface area contributed by atoms with Gasteiger partial charge in [-0.25, -0.2) is 4.98 Å². The summed E-state index contributed by atoms with van der Waals surface area (Å²) in [7, 11) is 2.09. The summed E-state index contributed by atoms with van der Waals surface area (Å²) in [6.45, 7) is 0. The number of nitrogen functional groups attached to an aromatic ring is 1. The van der Waals surface area contributed by atoms with Crippen LogP contribution in [0.15, 0.2) is 18.2 Å². The molecule has 0 amide bonds. The van der Waals surface area contributed by atoms with Gasteiger partial charge in [-0.15, -0.1) is 0 Å². The largest absolute Gasteiger partial charge is 0.382 e. The van der Waals surface area contributed by atoms with Gasteiger partial charge >= 0.3 is 0 Å². The van der Waals surface area contributed by atoms with Crippen molar-refractivity contribution in [3.05, 3.63) is 23.9 Å². The molecule has 0 aromatic carbocycles. The summed E-state index contributed by atoms with van der Waals surface area (Å²) in [6.07, 6.45) is 6.44. The average molecular weight is 232 g/mol. The fourth-order valence-corrected chi connectivity index (χ4v) is 2.43. The highest BCUT2D eigenvalue weighted by Crippen LogP contribution is 2.24. The molecule has 4 heteroatoms. The van der Waals surface area contributed by atoms with Crippen LogP contribution in [0.25, 0.3) is 0 Å². The summed E-state index contributed by atoms with van der Waals surface area (Å²) < 4.78 is 0. The van der Waals surface area contributed by atoms with Crippen LogP contribution in [0.3, 0.4) is 0 Å². The Morgan fingerprint density at radius 2 is 2.06 bits per heavy atom. The van der Waals surface area contributed by atoms with Crippen LogP contribution in [-0.4, -0.2) is 23.9 Å². The van der Waals surface area contributed by atoms with Crippen molar-refractivity contribution < 1.29 is 0 Å². The molecule has 2 rings (SSSR count). The van der Waals surface area contributed by atoms with E-state index in [4.69, 9.17) is 11.1 Å². The molecule has 0 saturated heterocycles. The third-order valence-electron chi connectivity index (χ3n) is 3.49. The third kappa shape index (κ3) is 2.75. The molecule has 0 unspecified atom stereocenters. The lowest BCUT2D eigenvalue weighted by atomic mass is 9.94. The number of hydrogen-bond donors (Lipinski definition) is 2. The van der Waals surface area contributed by atoms with E-state index in [1.165, 1.54) is 32.1 Å². The number of nitrogens with zero attached hydrogens (tertiary/aromatic N) is 2. The van der Waals surface area contributed by atoms with Gasteiger partial charge in [-0.2, -0.15) is 0 Å². The SMILES string of the molecule is CN(c1cccc(C(=N)N)n1)C1CCCCC1. The normalized spacial score (nSPS) is 16.8. The lowest BCUT2D eigenvalue weighted by Gasteiger charge is -2.32. The maximum atomic E-state index is 7.41. The summed E-state index contributed by atoms with van der Waals surface area (Å²) in [5.41, 5.74) is 6.02. The molecular formula is C13H20N4. The van der Waals surface area contributed by atoms with E-state index < -0.39 is 0 Å².